The fraction of sp³-hybridized carbons (Fsp3) is 0.579. The number of piperidine rings is 1. The molecule has 0 saturated carbocycles. The molecule has 8 nitrogen and oxygen atoms in total. The molecule has 0 radical (unpaired) electrons. The molecule has 27 heavy (non-hydrogen) atoms. The molecular formula is C19H27N3O5. The quantitative estimate of drug-likeness (QED) is 0.810. The van der Waals surface area contributed by atoms with Crippen LogP contribution in [-0.4, -0.2) is 57.7 Å². The maximum Gasteiger partial charge on any atom is 0.410 e. The summed E-state index contributed by atoms with van der Waals surface area (Å²) in [6, 6.07) is 2.49. The van der Waals surface area contributed by atoms with E-state index in [0.29, 0.717) is 25.9 Å². The largest absolute Gasteiger partial charge is 0.480 e. The van der Waals surface area contributed by atoms with E-state index in [9.17, 15) is 19.5 Å². The van der Waals surface area contributed by atoms with Gasteiger partial charge in [-0.1, -0.05) is 6.07 Å². The number of aromatic nitrogens is 1. The van der Waals surface area contributed by atoms with Crippen LogP contribution in [0, 0.1) is 5.92 Å². The van der Waals surface area contributed by atoms with Gasteiger partial charge in [-0.15, -0.1) is 0 Å². The predicted molar refractivity (Wildman–Crippen MR) is 98.0 cm³/mol. The maximum absolute atomic E-state index is 12.5. The van der Waals surface area contributed by atoms with Crippen LogP contribution in [0.25, 0.3) is 0 Å². The summed E-state index contributed by atoms with van der Waals surface area (Å²) >= 11 is 0. The number of carboxylic acids is 1. The van der Waals surface area contributed by atoms with Gasteiger partial charge in [-0.3, -0.25) is 9.78 Å². The van der Waals surface area contributed by atoms with E-state index in [1.54, 1.807) is 50.2 Å². The first-order chi connectivity index (χ1) is 12.7. The van der Waals surface area contributed by atoms with E-state index in [1.807, 2.05) is 0 Å². The molecule has 2 N–H and O–H groups in total. The highest BCUT2D eigenvalue weighted by Crippen LogP contribution is 2.20. The number of amides is 2. The Hall–Kier alpha value is -2.64. The van der Waals surface area contributed by atoms with Crippen LogP contribution in [0.15, 0.2) is 24.5 Å². The van der Waals surface area contributed by atoms with Crippen molar-refractivity contribution >= 4 is 18.0 Å². The summed E-state index contributed by atoms with van der Waals surface area (Å²) in [5.74, 6) is -1.70. The van der Waals surface area contributed by atoms with Gasteiger partial charge in [0.2, 0.25) is 5.91 Å². The van der Waals surface area contributed by atoms with Crippen molar-refractivity contribution in [2.24, 2.45) is 5.92 Å². The molecule has 148 valence electrons. The number of nitrogens with zero attached hydrogens (tertiary/aromatic N) is 2. The Labute approximate surface area is 158 Å². The van der Waals surface area contributed by atoms with Gasteiger partial charge in [-0.2, -0.15) is 0 Å². The Bertz CT molecular complexity index is 664. The molecule has 1 saturated heterocycles. The molecule has 0 aromatic carbocycles. The number of ether oxygens (including phenoxy) is 1. The molecule has 0 bridgehead atoms. The lowest BCUT2D eigenvalue weighted by Crippen LogP contribution is -2.48. The second kappa shape index (κ2) is 8.83. The summed E-state index contributed by atoms with van der Waals surface area (Å²) in [4.78, 5) is 41.6. The number of hydrogen-bond acceptors (Lipinski definition) is 5. The first-order valence-electron chi connectivity index (χ1n) is 9.06. The van der Waals surface area contributed by atoms with Crippen molar-refractivity contribution in [2.45, 2.75) is 51.7 Å². The van der Waals surface area contributed by atoms with E-state index in [1.165, 1.54) is 0 Å². The Morgan fingerprint density at radius 1 is 1.33 bits per heavy atom. The van der Waals surface area contributed by atoms with E-state index in [-0.39, 0.29) is 24.3 Å². The maximum atomic E-state index is 12.5. The molecule has 1 aromatic heterocycles. The molecule has 1 fully saturated rings. The van der Waals surface area contributed by atoms with Gasteiger partial charge in [-0.05, 0) is 45.2 Å². The number of rotatable bonds is 5. The molecular weight excluding hydrogens is 350 g/mol. The van der Waals surface area contributed by atoms with Crippen molar-refractivity contribution in [1.82, 2.24) is 15.2 Å². The minimum atomic E-state index is -1.08. The summed E-state index contributed by atoms with van der Waals surface area (Å²) in [5.41, 5.74) is 0.178. The Morgan fingerprint density at radius 2 is 2.00 bits per heavy atom. The SMILES string of the molecule is CC(C)(C)OC(=O)N1CCC(C(=O)N[C@@H](Cc2cccnc2)C(=O)O)CC1. The number of hydrogen-bond donors (Lipinski definition) is 2. The van der Waals surface area contributed by atoms with E-state index in [2.05, 4.69) is 10.3 Å². The zero-order valence-corrected chi connectivity index (χ0v) is 16.0. The van der Waals surface area contributed by atoms with Crippen molar-refractivity contribution in [3.05, 3.63) is 30.1 Å². The van der Waals surface area contributed by atoms with E-state index in [4.69, 9.17) is 4.74 Å². The zero-order valence-electron chi connectivity index (χ0n) is 16.0. The standard InChI is InChI=1S/C19H27N3O5/c1-19(2,3)27-18(26)22-9-6-14(7-10-22)16(23)21-15(17(24)25)11-13-5-4-8-20-12-13/h4-5,8,12,14-15H,6-7,9-11H2,1-3H3,(H,21,23)(H,24,25)/t15-/m0/s1. The molecule has 1 aliphatic heterocycles. The van der Waals surface area contributed by atoms with Gasteiger partial charge in [0.25, 0.3) is 0 Å². The molecule has 0 spiro atoms. The number of likely N-dealkylation sites (tertiary alicyclic amines) is 1. The Kier molecular flexibility index (Phi) is 6.76. The topological polar surface area (TPSA) is 109 Å². The average Bonchev–Trinajstić information content (AvgIpc) is 2.60. The molecule has 1 aromatic rings. The first kappa shape index (κ1) is 20.7. The second-order valence-electron chi connectivity index (χ2n) is 7.71. The van der Waals surface area contributed by atoms with Crippen LogP contribution in [0.2, 0.25) is 0 Å². The summed E-state index contributed by atoms with van der Waals surface area (Å²) in [6.45, 7) is 6.23. The molecule has 1 atom stereocenters. The van der Waals surface area contributed by atoms with Crippen molar-refractivity contribution in [2.75, 3.05) is 13.1 Å². The molecule has 2 amide bonds. The first-order valence-corrected chi connectivity index (χ1v) is 9.06. The van der Waals surface area contributed by atoms with E-state index < -0.39 is 17.6 Å². The molecule has 2 rings (SSSR count). The van der Waals surface area contributed by atoms with Crippen molar-refractivity contribution in [1.29, 1.82) is 0 Å². The minimum absolute atomic E-state index is 0.172. The van der Waals surface area contributed by atoms with Gasteiger partial charge in [0.15, 0.2) is 0 Å². The molecule has 2 heterocycles. The monoisotopic (exact) mass is 377 g/mol. The zero-order chi connectivity index (χ0) is 20.0. The molecule has 1 aliphatic rings. The lowest BCUT2D eigenvalue weighted by Gasteiger charge is -2.33. The lowest BCUT2D eigenvalue weighted by molar-refractivity contribution is -0.142. The molecule has 0 aliphatic carbocycles. The lowest BCUT2D eigenvalue weighted by atomic mass is 9.95. The van der Waals surface area contributed by atoms with Crippen molar-refractivity contribution in [3.63, 3.8) is 0 Å². The van der Waals surface area contributed by atoms with Crippen LogP contribution in [0.3, 0.4) is 0 Å². The van der Waals surface area contributed by atoms with Crippen LogP contribution in [0.1, 0.15) is 39.2 Å². The van der Waals surface area contributed by atoms with Crippen LogP contribution in [0.5, 0.6) is 0 Å². The highest BCUT2D eigenvalue weighted by molar-refractivity contribution is 5.85. The van der Waals surface area contributed by atoms with Crippen LogP contribution < -0.4 is 5.32 Å². The number of pyridine rings is 1. The third-order valence-electron chi connectivity index (χ3n) is 4.29. The van der Waals surface area contributed by atoms with Crippen molar-refractivity contribution < 1.29 is 24.2 Å². The highest BCUT2D eigenvalue weighted by atomic mass is 16.6. The van der Waals surface area contributed by atoms with Gasteiger partial charge in [0.1, 0.15) is 11.6 Å². The fourth-order valence-corrected chi connectivity index (χ4v) is 2.89. The third kappa shape index (κ3) is 6.54. The van der Waals surface area contributed by atoms with Crippen LogP contribution in [0.4, 0.5) is 4.79 Å². The smallest absolute Gasteiger partial charge is 0.410 e. The van der Waals surface area contributed by atoms with Gasteiger partial charge < -0.3 is 20.1 Å². The van der Waals surface area contributed by atoms with Crippen molar-refractivity contribution in [3.8, 4) is 0 Å². The normalized spacial score (nSPS) is 16.5. The summed E-state index contributed by atoms with van der Waals surface area (Å²) < 4.78 is 5.34. The van der Waals surface area contributed by atoms with Gasteiger partial charge in [0.05, 0.1) is 0 Å². The van der Waals surface area contributed by atoms with E-state index >= 15 is 0 Å². The van der Waals surface area contributed by atoms with Gasteiger partial charge in [-0.25, -0.2) is 9.59 Å². The predicted octanol–water partition coefficient (Wildman–Crippen LogP) is 1.84. The second-order valence-corrected chi connectivity index (χ2v) is 7.71. The number of carboxylic acid groups (broad SMARTS) is 1. The van der Waals surface area contributed by atoms with E-state index in [0.717, 1.165) is 5.56 Å². The third-order valence-corrected chi connectivity index (χ3v) is 4.29. The summed E-state index contributed by atoms with van der Waals surface area (Å²) in [7, 11) is 0. The van der Waals surface area contributed by atoms with Gasteiger partial charge >= 0.3 is 12.1 Å². The average molecular weight is 377 g/mol. The number of carbonyl (C=O) groups is 3. The minimum Gasteiger partial charge on any atom is -0.480 e. The number of nitrogens with one attached hydrogen (secondary N) is 1. The Morgan fingerprint density at radius 3 is 2.52 bits per heavy atom. The van der Waals surface area contributed by atoms with Crippen LogP contribution >= 0.6 is 0 Å². The Balaban J connectivity index is 1.87. The summed E-state index contributed by atoms with van der Waals surface area (Å²) in [6.07, 6.45) is 3.93. The molecule has 8 heteroatoms. The fourth-order valence-electron chi connectivity index (χ4n) is 2.89. The number of carbonyl (C=O) groups excluding carboxylic acids is 2. The summed E-state index contributed by atoms with van der Waals surface area (Å²) in [5, 5.41) is 12.0. The van der Waals surface area contributed by atoms with Crippen LogP contribution in [-0.2, 0) is 20.7 Å². The molecule has 0 unspecified atom stereocenters. The number of aliphatic carboxylic acids is 1. The highest BCUT2D eigenvalue weighted by Gasteiger charge is 2.31. The van der Waals surface area contributed by atoms with Gasteiger partial charge in [0, 0.05) is 37.8 Å².